The van der Waals surface area contributed by atoms with Crippen molar-refractivity contribution in [1.82, 2.24) is 0 Å². The highest BCUT2D eigenvalue weighted by Gasteiger charge is 2.86. The Morgan fingerprint density at radius 3 is 1.31 bits per heavy atom. The number of phenols is 1. The number of benzene rings is 5. The molecule has 5 rings (SSSR count). The highest BCUT2D eigenvalue weighted by Crippen LogP contribution is 2.71. The molecule has 0 aliphatic heterocycles. The van der Waals surface area contributed by atoms with Gasteiger partial charge in [-0.3, -0.25) is 0 Å². The highest BCUT2D eigenvalue weighted by atomic mass is 32.3. The Morgan fingerprint density at radius 1 is 0.527 bits per heavy atom. The minimum Gasteiger partial charge on any atom is -0.508 e. The molecule has 0 heterocycles. The van der Waals surface area contributed by atoms with Gasteiger partial charge in [-0.05, 0) is 83.1 Å². The van der Waals surface area contributed by atoms with Crippen molar-refractivity contribution in [2.24, 2.45) is 0 Å². The molecule has 0 aliphatic rings. The fraction of sp³-hybridized carbons (Fsp3) is 0.189. The smallest absolute Gasteiger partial charge is 0.460 e. The molecule has 0 bridgehead atoms. The molecule has 1 N–H and O–H groups in total. The van der Waals surface area contributed by atoms with E-state index in [0.29, 0.717) is 5.56 Å². The van der Waals surface area contributed by atoms with Crippen molar-refractivity contribution in [1.29, 1.82) is 0 Å². The number of methoxy groups -OCH3 is 2. The minimum atomic E-state index is -7.52. The van der Waals surface area contributed by atoms with Gasteiger partial charge < -0.3 is 14.6 Å². The van der Waals surface area contributed by atoms with Crippen LogP contribution < -0.4 is 0 Å². The van der Waals surface area contributed by atoms with Crippen molar-refractivity contribution in [3.05, 3.63) is 145 Å². The van der Waals surface area contributed by atoms with Crippen molar-refractivity contribution in [2.45, 2.75) is 53.5 Å². The Hall–Kier alpha value is -4.20. The lowest BCUT2D eigenvalue weighted by Crippen LogP contribution is -2.63. The maximum absolute atomic E-state index is 15.3. The summed E-state index contributed by atoms with van der Waals surface area (Å²) in [7, 11) is -8.97. The van der Waals surface area contributed by atoms with E-state index in [2.05, 4.69) is 0 Å². The molecule has 5 aromatic carbocycles. The summed E-state index contributed by atoms with van der Waals surface area (Å²) in [6, 6.07) is 31.3. The number of hydrogen-bond donors (Lipinski definition) is 1. The van der Waals surface area contributed by atoms with Crippen molar-refractivity contribution in [2.75, 3.05) is 14.2 Å². The Labute approximate surface area is 315 Å². The highest BCUT2D eigenvalue weighted by molar-refractivity contribution is 8.33. The molecule has 0 saturated heterocycles. The molecule has 0 unspecified atom stereocenters. The molecule has 0 spiro atoms. The van der Waals surface area contributed by atoms with Crippen molar-refractivity contribution in [3.63, 3.8) is 0 Å². The van der Waals surface area contributed by atoms with E-state index >= 15 is 8.78 Å². The second-order valence-corrected chi connectivity index (χ2v) is 17.2. The first-order valence-corrected chi connectivity index (χ1v) is 19.4. The van der Waals surface area contributed by atoms with E-state index in [0.717, 1.165) is 9.79 Å². The summed E-state index contributed by atoms with van der Waals surface area (Å²) in [4.78, 5) is 0.879. The molecule has 0 aromatic heterocycles. The van der Waals surface area contributed by atoms with Crippen LogP contribution in [0, 0.1) is 0 Å². The molecule has 5 aromatic rings. The van der Waals surface area contributed by atoms with Gasteiger partial charge in [-0.15, -0.1) is 0 Å². The molecular formula is C37H29F9O6S3. The Morgan fingerprint density at radius 2 is 0.909 bits per heavy atom. The third-order valence-electron chi connectivity index (χ3n) is 8.22. The molecule has 0 fully saturated rings. The lowest BCUT2D eigenvalue weighted by molar-refractivity contribution is -0.382. The third kappa shape index (κ3) is 7.42. The van der Waals surface area contributed by atoms with Gasteiger partial charge in [0.1, 0.15) is 5.75 Å². The third-order valence-corrected chi connectivity index (χ3v) is 14.5. The van der Waals surface area contributed by atoms with Gasteiger partial charge in [0, 0.05) is 49.8 Å². The van der Waals surface area contributed by atoms with Crippen LogP contribution in [0.1, 0.15) is 11.1 Å². The molecule has 0 radical (unpaired) electrons. The number of alkyl halides is 9. The zero-order chi connectivity index (χ0) is 40.5. The number of rotatable bonds is 14. The Bertz CT molecular complexity index is 2130. The normalized spacial score (nSPS) is 13.8. The summed E-state index contributed by atoms with van der Waals surface area (Å²) < 4.78 is 170. The fourth-order valence-corrected chi connectivity index (χ4v) is 11.5. The van der Waals surface area contributed by atoms with Gasteiger partial charge in [0.25, 0.3) is 0 Å². The van der Waals surface area contributed by atoms with Crippen LogP contribution >= 0.6 is 22.1 Å². The second kappa shape index (κ2) is 15.4. The van der Waals surface area contributed by atoms with Crippen molar-refractivity contribution in [3.8, 4) is 5.75 Å². The molecule has 294 valence electrons. The summed E-state index contributed by atoms with van der Waals surface area (Å²) in [5.41, 5.74) is 0.676. The summed E-state index contributed by atoms with van der Waals surface area (Å²) in [5, 5.41) is 2.45. The van der Waals surface area contributed by atoms with Crippen LogP contribution in [0.4, 0.5) is 39.5 Å². The average Bonchev–Trinajstić information content (AvgIpc) is 3.16. The number of hydrogen-bond acceptors (Lipinski definition) is 7. The van der Waals surface area contributed by atoms with Crippen LogP contribution in [0.25, 0.3) is 0 Å². The van der Waals surface area contributed by atoms with Gasteiger partial charge in [-0.25, -0.2) is 3.63 Å². The average molecular weight is 837 g/mol. The molecule has 6 nitrogen and oxygen atoms in total. The van der Waals surface area contributed by atoms with Gasteiger partial charge in [0.2, 0.25) is 5.79 Å². The van der Waals surface area contributed by atoms with E-state index < -0.39 is 49.5 Å². The fourth-order valence-electron chi connectivity index (χ4n) is 5.43. The molecule has 0 amide bonds. The van der Waals surface area contributed by atoms with E-state index in [4.69, 9.17) is 13.1 Å². The molecule has 0 aliphatic carbocycles. The number of ether oxygens (including phenoxy) is 2. The van der Waals surface area contributed by atoms with Gasteiger partial charge in [0.15, 0.2) is 0 Å². The van der Waals surface area contributed by atoms with Gasteiger partial charge in [-0.1, -0.05) is 72.4 Å². The summed E-state index contributed by atoms with van der Waals surface area (Å²) in [6.07, 6.45) is -7.27. The monoisotopic (exact) mass is 836 g/mol. The van der Waals surface area contributed by atoms with Crippen LogP contribution in [0.5, 0.6) is 5.75 Å². The van der Waals surface area contributed by atoms with E-state index in [1.54, 1.807) is 36.4 Å². The summed E-state index contributed by atoms with van der Waals surface area (Å²) >= 11 is 1.39. The van der Waals surface area contributed by atoms with E-state index in [9.17, 15) is 44.3 Å². The quantitative estimate of drug-likeness (QED) is 0.0881. The topological polar surface area (TPSA) is 82.1 Å². The zero-order valence-corrected chi connectivity index (χ0v) is 30.8. The summed E-state index contributed by atoms with van der Waals surface area (Å²) in [5.74, 6) is -16.6. The Kier molecular flexibility index (Phi) is 11.7. The lowest BCUT2D eigenvalue weighted by atomic mass is 9.97. The first-order chi connectivity index (χ1) is 25.7. The first-order valence-electron chi connectivity index (χ1n) is 15.6. The van der Waals surface area contributed by atoms with E-state index in [1.165, 1.54) is 123 Å². The zero-order valence-electron chi connectivity index (χ0n) is 28.3. The number of phenolic OH excluding ortho intramolecular Hbond substituents is 1. The molecule has 55 heavy (non-hydrogen) atoms. The van der Waals surface area contributed by atoms with E-state index in [1.807, 2.05) is 0 Å². The maximum Gasteiger partial charge on any atom is 0.460 e. The van der Waals surface area contributed by atoms with Crippen LogP contribution in [0.15, 0.2) is 158 Å². The van der Waals surface area contributed by atoms with Crippen LogP contribution in [0.2, 0.25) is 0 Å². The van der Waals surface area contributed by atoms with E-state index in [-0.39, 0.29) is 26.0 Å². The molecule has 18 heteroatoms. The molecule has 0 saturated carbocycles. The standard InChI is InChI=1S/C37H29F9O6S3/c1-50-33(51-2,25-13-19-28(20-14-25)53-29-21-17-27(47)18-22-29)26-15-23-32(24-16-26)54(30-9-5-3-6-10-30,31-11-7-4-8-12-31)52-55(48,49)37(45,46)35(40,41)34(38,39)36(42,43)44/h3-24,47H,1-2H3. The van der Waals surface area contributed by atoms with Crippen LogP contribution in [-0.2, 0) is 29.0 Å². The predicted molar refractivity (Wildman–Crippen MR) is 186 cm³/mol. The Balaban J connectivity index is 1.65. The maximum atomic E-state index is 15.3. The number of halogens is 9. The first kappa shape index (κ1) is 42.0. The second-order valence-electron chi connectivity index (χ2n) is 11.5. The number of aromatic hydroxyl groups is 1. The van der Waals surface area contributed by atoms with Crippen molar-refractivity contribution >= 4 is 32.2 Å². The van der Waals surface area contributed by atoms with Crippen LogP contribution in [0.3, 0.4) is 0 Å². The largest absolute Gasteiger partial charge is 0.508 e. The van der Waals surface area contributed by atoms with Crippen LogP contribution in [-0.4, -0.2) is 51.0 Å². The lowest BCUT2D eigenvalue weighted by Gasteiger charge is -2.41. The minimum absolute atomic E-state index is 0.0975. The van der Waals surface area contributed by atoms with Gasteiger partial charge >= 0.3 is 33.4 Å². The predicted octanol–water partition coefficient (Wildman–Crippen LogP) is 11.0. The molecule has 0 atom stereocenters. The van der Waals surface area contributed by atoms with Crippen molar-refractivity contribution < 1.29 is 66.1 Å². The molecular weight excluding hydrogens is 808 g/mol. The van der Waals surface area contributed by atoms with Gasteiger partial charge in [-0.2, -0.15) is 47.9 Å². The van der Waals surface area contributed by atoms with Gasteiger partial charge in [0.05, 0.1) is 0 Å². The summed E-state index contributed by atoms with van der Waals surface area (Å²) in [6.45, 7) is 0. The SMILES string of the molecule is COC(OC)(c1ccc(Sc2ccc(O)cc2)cc1)c1ccc(S(OS(=O)(=O)C(F)(F)C(F)(F)C(F)(F)C(F)(F)F)(c2ccccc2)c2ccccc2)cc1.